The fourth-order valence-corrected chi connectivity index (χ4v) is 2.03. The lowest BCUT2D eigenvalue weighted by molar-refractivity contribution is 0.417. The molecule has 1 heterocycles. The first-order chi connectivity index (χ1) is 7.33. The number of rotatable bonds is 3. The van der Waals surface area contributed by atoms with Crippen molar-refractivity contribution < 1.29 is 0 Å². The Balaban J connectivity index is 2.88. The molecule has 0 aliphatic heterocycles. The van der Waals surface area contributed by atoms with E-state index >= 15 is 0 Å². The van der Waals surface area contributed by atoms with Crippen molar-refractivity contribution >= 4 is 17.4 Å². The molecular weight excluding hydrogens is 220 g/mol. The van der Waals surface area contributed by atoms with E-state index in [2.05, 4.69) is 50.7 Å². The Morgan fingerprint density at radius 3 is 2.44 bits per heavy atom. The normalized spacial score (nSPS) is 11.6. The maximum Gasteiger partial charge on any atom is 0.131 e. The van der Waals surface area contributed by atoms with Crippen LogP contribution in [0.2, 0.25) is 0 Å². The lowest BCUT2D eigenvalue weighted by atomic mass is 9.96. The second kappa shape index (κ2) is 5.05. The van der Waals surface area contributed by atoms with Gasteiger partial charge in [0.2, 0.25) is 0 Å². The number of nitrogens with zero attached hydrogens (tertiary/aromatic N) is 2. The summed E-state index contributed by atoms with van der Waals surface area (Å²) >= 11 is 5.78. The molecule has 1 aromatic rings. The maximum absolute atomic E-state index is 5.78. The topological polar surface area (TPSA) is 16.1 Å². The van der Waals surface area contributed by atoms with E-state index in [1.54, 1.807) is 0 Å². The van der Waals surface area contributed by atoms with Crippen molar-refractivity contribution in [3.05, 3.63) is 23.4 Å². The summed E-state index contributed by atoms with van der Waals surface area (Å²) in [4.78, 5) is 6.68. The molecule has 0 radical (unpaired) electrons. The monoisotopic (exact) mass is 240 g/mol. The van der Waals surface area contributed by atoms with Crippen LogP contribution in [0.4, 0.5) is 5.82 Å². The molecule has 0 saturated carbocycles. The zero-order valence-corrected chi connectivity index (χ0v) is 11.6. The largest absolute Gasteiger partial charge is 0.359 e. The van der Waals surface area contributed by atoms with E-state index in [1.807, 2.05) is 6.20 Å². The maximum atomic E-state index is 5.78. The highest BCUT2D eigenvalue weighted by Crippen LogP contribution is 2.22. The average molecular weight is 241 g/mol. The smallest absolute Gasteiger partial charge is 0.131 e. The lowest BCUT2D eigenvalue weighted by Gasteiger charge is -2.28. The predicted molar refractivity (Wildman–Crippen MR) is 71.3 cm³/mol. The Kier molecular flexibility index (Phi) is 4.20. The second-order valence-electron chi connectivity index (χ2n) is 5.53. The molecule has 0 N–H and O–H groups in total. The molecule has 0 bridgehead atoms. The quantitative estimate of drug-likeness (QED) is 0.751. The van der Waals surface area contributed by atoms with Crippen molar-refractivity contribution in [2.45, 2.75) is 33.6 Å². The van der Waals surface area contributed by atoms with Gasteiger partial charge in [-0.25, -0.2) is 4.98 Å². The molecule has 1 rings (SSSR count). The third-order valence-corrected chi connectivity index (χ3v) is 2.64. The van der Waals surface area contributed by atoms with E-state index in [1.165, 1.54) is 5.56 Å². The van der Waals surface area contributed by atoms with Crippen LogP contribution >= 0.6 is 11.6 Å². The van der Waals surface area contributed by atoms with Crippen LogP contribution in [0, 0.1) is 12.3 Å². The van der Waals surface area contributed by atoms with Crippen LogP contribution in [0.1, 0.15) is 31.9 Å². The van der Waals surface area contributed by atoms with Crippen LogP contribution in [0.3, 0.4) is 0 Å². The van der Waals surface area contributed by atoms with Crippen LogP contribution in [0.25, 0.3) is 0 Å². The van der Waals surface area contributed by atoms with E-state index in [-0.39, 0.29) is 5.41 Å². The minimum Gasteiger partial charge on any atom is -0.359 e. The number of aryl methyl sites for hydroxylation is 1. The number of hydrogen-bond acceptors (Lipinski definition) is 2. The molecule has 16 heavy (non-hydrogen) atoms. The van der Waals surface area contributed by atoms with Crippen LogP contribution in [-0.4, -0.2) is 18.6 Å². The third-order valence-electron chi connectivity index (χ3n) is 2.33. The van der Waals surface area contributed by atoms with Gasteiger partial charge in [0, 0.05) is 25.7 Å². The van der Waals surface area contributed by atoms with E-state index in [0.717, 1.165) is 17.9 Å². The van der Waals surface area contributed by atoms with Gasteiger partial charge in [-0.05, 0) is 29.5 Å². The Morgan fingerprint density at radius 2 is 2.00 bits per heavy atom. The number of pyridine rings is 1. The summed E-state index contributed by atoms with van der Waals surface area (Å²) in [6.07, 6.45) is 1.86. The van der Waals surface area contributed by atoms with Crippen LogP contribution in [0.5, 0.6) is 0 Å². The van der Waals surface area contributed by atoms with Gasteiger partial charge in [-0.3, -0.25) is 0 Å². The van der Waals surface area contributed by atoms with E-state index < -0.39 is 0 Å². The lowest BCUT2D eigenvalue weighted by Crippen LogP contribution is -2.30. The van der Waals surface area contributed by atoms with Gasteiger partial charge in [-0.2, -0.15) is 0 Å². The molecule has 0 amide bonds. The molecule has 90 valence electrons. The zero-order chi connectivity index (χ0) is 12.3. The molecule has 0 saturated heterocycles. The third kappa shape index (κ3) is 3.67. The Labute approximate surface area is 104 Å². The van der Waals surface area contributed by atoms with Crippen molar-refractivity contribution in [2.24, 2.45) is 5.41 Å². The number of aromatic nitrogens is 1. The minimum absolute atomic E-state index is 0.272. The van der Waals surface area contributed by atoms with Gasteiger partial charge in [0.15, 0.2) is 0 Å². The molecule has 0 fully saturated rings. The van der Waals surface area contributed by atoms with Crippen LogP contribution < -0.4 is 4.90 Å². The second-order valence-corrected chi connectivity index (χ2v) is 5.80. The molecule has 0 aromatic carbocycles. The van der Waals surface area contributed by atoms with Crippen LogP contribution in [0.15, 0.2) is 12.3 Å². The number of halogens is 1. The highest BCUT2D eigenvalue weighted by Gasteiger charge is 2.16. The summed E-state index contributed by atoms with van der Waals surface area (Å²) in [6.45, 7) is 9.75. The first-order valence-electron chi connectivity index (χ1n) is 5.56. The van der Waals surface area contributed by atoms with E-state index in [0.29, 0.717) is 5.88 Å². The molecule has 3 heteroatoms. The summed E-state index contributed by atoms with van der Waals surface area (Å²) in [5.74, 6) is 1.57. The number of hydrogen-bond donors (Lipinski definition) is 0. The van der Waals surface area contributed by atoms with Gasteiger partial charge in [0.25, 0.3) is 0 Å². The van der Waals surface area contributed by atoms with Crippen molar-refractivity contribution in [1.29, 1.82) is 0 Å². The number of anilines is 1. The standard InChI is InChI=1S/C13H21ClN2/c1-10-6-11(7-14)8-15-12(10)16(5)9-13(2,3)4/h6,8H,7,9H2,1-5H3. The van der Waals surface area contributed by atoms with Crippen molar-refractivity contribution in [3.8, 4) is 0 Å². The zero-order valence-electron chi connectivity index (χ0n) is 10.8. The predicted octanol–water partition coefficient (Wildman–Crippen LogP) is 3.61. The summed E-state index contributed by atoms with van der Waals surface area (Å²) in [5.41, 5.74) is 2.53. The van der Waals surface area contributed by atoms with Gasteiger partial charge in [0.1, 0.15) is 5.82 Å². The highest BCUT2D eigenvalue weighted by molar-refractivity contribution is 6.17. The first kappa shape index (κ1) is 13.3. The SMILES string of the molecule is Cc1cc(CCl)cnc1N(C)CC(C)(C)C. The molecule has 2 nitrogen and oxygen atoms in total. The first-order valence-corrected chi connectivity index (χ1v) is 6.09. The number of alkyl halides is 1. The van der Waals surface area contributed by atoms with Crippen LogP contribution in [-0.2, 0) is 5.88 Å². The average Bonchev–Trinajstić information content (AvgIpc) is 2.14. The molecular formula is C13H21ClN2. The highest BCUT2D eigenvalue weighted by atomic mass is 35.5. The van der Waals surface area contributed by atoms with Gasteiger partial charge >= 0.3 is 0 Å². The molecule has 1 aromatic heterocycles. The summed E-state index contributed by atoms with van der Waals surface area (Å²) in [6, 6.07) is 2.11. The Hall–Kier alpha value is -0.760. The fourth-order valence-electron chi connectivity index (χ4n) is 1.88. The van der Waals surface area contributed by atoms with E-state index in [4.69, 9.17) is 11.6 Å². The molecule has 0 aliphatic carbocycles. The van der Waals surface area contributed by atoms with E-state index in [9.17, 15) is 0 Å². The van der Waals surface area contributed by atoms with Gasteiger partial charge < -0.3 is 4.90 Å². The van der Waals surface area contributed by atoms with Gasteiger partial charge in [0.05, 0.1) is 0 Å². The summed E-state index contributed by atoms with van der Waals surface area (Å²) < 4.78 is 0. The van der Waals surface area contributed by atoms with Gasteiger partial charge in [-0.15, -0.1) is 11.6 Å². The van der Waals surface area contributed by atoms with Crippen molar-refractivity contribution in [2.75, 3.05) is 18.5 Å². The summed E-state index contributed by atoms with van der Waals surface area (Å²) in [5, 5.41) is 0. The minimum atomic E-state index is 0.272. The Bertz CT molecular complexity index is 355. The van der Waals surface area contributed by atoms with Crippen molar-refractivity contribution in [3.63, 3.8) is 0 Å². The molecule has 0 unspecified atom stereocenters. The molecule has 0 aliphatic rings. The van der Waals surface area contributed by atoms with Crippen molar-refractivity contribution in [1.82, 2.24) is 4.98 Å². The van der Waals surface area contributed by atoms with Gasteiger partial charge in [-0.1, -0.05) is 20.8 Å². The fraction of sp³-hybridized carbons (Fsp3) is 0.615. The molecule has 0 spiro atoms. The Morgan fingerprint density at radius 1 is 1.38 bits per heavy atom. The molecule has 0 atom stereocenters. The summed E-state index contributed by atoms with van der Waals surface area (Å²) in [7, 11) is 2.08.